The molecule has 0 heterocycles. The number of nitrogens with one attached hydrogen (secondary N) is 2. The Morgan fingerprint density at radius 1 is 1.00 bits per heavy atom. The summed E-state index contributed by atoms with van der Waals surface area (Å²) in [6.45, 7) is 0. The van der Waals surface area contributed by atoms with Gasteiger partial charge in [0, 0.05) is 17.3 Å². The van der Waals surface area contributed by atoms with Gasteiger partial charge in [-0.1, -0.05) is 30.2 Å². The number of benzene rings is 2. The lowest BCUT2D eigenvalue weighted by molar-refractivity contribution is -0.122. The van der Waals surface area contributed by atoms with E-state index in [0.29, 0.717) is 5.02 Å². The Balaban J connectivity index is 1.64. The van der Waals surface area contributed by atoms with Crippen LogP contribution in [0.1, 0.15) is 19.3 Å². The predicted molar refractivity (Wildman–Crippen MR) is 87.1 cm³/mol. The van der Waals surface area contributed by atoms with Gasteiger partial charge in [-0.15, -0.1) is 0 Å². The van der Waals surface area contributed by atoms with E-state index in [-0.39, 0.29) is 11.8 Å². The predicted octanol–water partition coefficient (Wildman–Crippen LogP) is 4.82. The molecule has 0 atom stereocenters. The van der Waals surface area contributed by atoms with E-state index in [1.165, 1.54) is 6.42 Å². The van der Waals surface area contributed by atoms with Crippen molar-refractivity contribution in [2.75, 3.05) is 10.6 Å². The third-order valence-electron chi connectivity index (χ3n) is 3.78. The quantitative estimate of drug-likeness (QED) is 0.849. The summed E-state index contributed by atoms with van der Waals surface area (Å²) in [5.41, 5.74) is 2.63. The van der Waals surface area contributed by atoms with E-state index in [9.17, 15) is 4.79 Å². The highest BCUT2D eigenvalue weighted by Crippen LogP contribution is 2.28. The molecule has 0 radical (unpaired) electrons. The van der Waals surface area contributed by atoms with Gasteiger partial charge in [0.05, 0.1) is 10.7 Å². The number of carbonyl (C=O) groups excluding carboxylic acids is 1. The maximum atomic E-state index is 11.9. The summed E-state index contributed by atoms with van der Waals surface area (Å²) in [5, 5.41) is 6.89. The van der Waals surface area contributed by atoms with E-state index < -0.39 is 0 Å². The maximum absolute atomic E-state index is 11.9. The van der Waals surface area contributed by atoms with Crippen molar-refractivity contribution in [1.82, 2.24) is 0 Å². The fourth-order valence-corrected chi connectivity index (χ4v) is 2.45. The second kappa shape index (κ2) is 6.19. The first-order valence-corrected chi connectivity index (χ1v) is 7.52. The fraction of sp³-hybridized carbons (Fsp3) is 0.235. The molecule has 0 spiro atoms. The minimum atomic E-state index is 0.132. The summed E-state index contributed by atoms with van der Waals surface area (Å²) in [6.07, 6.45) is 3.19. The van der Waals surface area contributed by atoms with E-state index in [2.05, 4.69) is 10.6 Å². The summed E-state index contributed by atoms with van der Waals surface area (Å²) in [6, 6.07) is 15.3. The first-order chi connectivity index (χ1) is 10.2. The highest BCUT2D eigenvalue weighted by molar-refractivity contribution is 6.33. The lowest BCUT2D eigenvalue weighted by Crippen LogP contribution is -2.27. The minimum absolute atomic E-state index is 0.132. The standard InChI is InChI=1S/C17H17ClN2O/c18-15-6-1-2-7-16(15)19-13-8-10-14(11-9-13)20-17(21)12-4-3-5-12/h1-2,6-12,19H,3-5H2,(H,20,21). The molecule has 2 aromatic carbocycles. The smallest absolute Gasteiger partial charge is 0.227 e. The molecule has 1 fully saturated rings. The average molecular weight is 301 g/mol. The molecule has 0 unspecified atom stereocenters. The monoisotopic (exact) mass is 300 g/mol. The first kappa shape index (κ1) is 14.0. The summed E-state index contributed by atoms with van der Waals surface area (Å²) < 4.78 is 0. The van der Waals surface area contributed by atoms with Crippen LogP contribution in [0.4, 0.5) is 17.1 Å². The topological polar surface area (TPSA) is 41.1 Å². The fourth-order valence-electron chi connectivity index (χ4n) is 2.27. The van der Waals surface area contributed by atoms with E-state index >= 15 is 0 Å². The molecular weight excluding hydrogens is 284 g/mol. The number of para-hydroxylation sites is 1. The van der Waals surface area contributed by atoms with Gasteiger partial charge in [0.25, 0.3) is 0 Å². The zero-order chi connectivity index (χ0) is 14.7. The highest BCUT2D eigenvalue weighted by atomic mass is 35.5. The Hall–Kier alpha value is -2.00. The molecule has 3 rings (SSSR count). The van der Waals surface area contributed by atoms with Crippen molar-refractivity contribution in [2.45, 2.75) is 19.3 Å². The van der Waals surface area contributed by atoms with Crippen molar-refractivity contribution in [3.63, 3.8) is 0 Å². The number of halogens is 1. The third kappa shape index (κ3) is 3.37. The number of anilines is 3. The van der Waals surface area contributed by atoms with Crippen molar-refractivity contribution >= 4 is 34.6 Å². The number of hydrogen-bond acceptors (Lipinski definition) is 2. The molecule has 1 saturated carbocycles. The molecule has 0 bridgehead atoms. The largest absolute Gasteiger partial charge is 0.354 e. The van der Waals surface area contributed by atoms with Crippen LogP contribution in [0, 0.1) is 5.92 Å². The van der Waals surface area contributed by atoms with Crippen LogP contribution in [0.25, 0.3) is 0 Å². The second-order valence-electron chi connectivity index (χ2n) is 5.30. The Labute approximate surface area is 129 Å². The van der Waals surface area contributed by atoms with Crippen LogP contribution in [0.3, 0.4) is 0 Å². The van der Waals surface area contributed by atoms with E-state index in [0.717, 1.165) is 29.9 Å². The Kier molecular flexibility index (Phi) is 4.11. The molecule has 1 aliphatic carbocycles. The SMILES string of the molecule is O=C(Nc1ccc(Nc2ccccc2Cl)cc1)C1CCC1. The van der Waals surface area contributed by atoms with Gasteiger partial charge in [-0.2, -0.15) is 0 Å². The van der Waals surface area contributed by atoms with Gasteiger partial charge in [0.1, 0.15) is 0 Å². The van der Waals surface area contributed by atoms with Crippen LogP contribution in [-0.2, 0) is 4.79 Å². The normalized spacial score (nSPS) is 14.3. The summed E-state index contributed by atoms with van der Waals surface area (Å²) >= 11 is 6.11. The molecular formula is C17H17ClN2O. The van der Waals surface area contributed by atoms with Crippen LogP contribution in [0.5, 0.6) is 0 Å². The molecule has 0 aromatic heterocycles. The van der Waals surface area contributed by atoms with Crippen molar-refractivity contribution in [2.24, 2.45) is 5.92 Å². The molecule has 2 aromatic rings. The van der Waals surface area contributed by atoms with Crippen molar-refractivity contribution in [1.29, 1.82) is 0 Å². The summed E-state index contributed by atoms with van der Waals surface area (Å²) in [4.78, 5) is 11.9. The van der Waals surface area contributed by atoms with Crippen LogP contribution in [0.2, 0.25) is 5.02 Å². The lowest BCUT2D eigenvalue weighted by Gasteiger charge is -2.24. The van der Waals surface area contributed by atoms with E-state index in [1.54, 1.807) is 0 Å². The molecule has 1 aliphatic rings. The number of carbonyl (C=O) groups is 1. The average Bonchev–Trinajstić information content (AvgIpc) is 2.41. The first-order valence-electron chi connectivity index (χ1n) is 7.15. The maximum Gasteiger partial charge on any atom is 0.227 e. The molecule has 21 heavy (non-hydrogen) atoms. The lowest BCUT2D eigenvalue weighted by atomic mass is 9.85. The van der Waals surface area contributed by atoms with Gasteiger partial charge in [0.15, 0.2) is 0 Å². The number of rotatable bonds is 4. The second-order valence-corrected chi connectivity index (χ2v) is 5.71. The molecule has 108 valence electrons. The Bertz CT molecular complexity index is 635. The van der Waals surface area contributed by atoms with Crippen LogP contribution in [-0.4, -0.2) is 5.91 Å². The van der Waals surface area contributed by atoms with Crippen LogP contribution >= 0.6 is 11.6 Å². The van der Waals surface area contributed by atoms with E-state index in [1.807, 2.05) is 48.5 Å². The molecule has 3 nitrogen and oxygen atoms in total. The number of hydrogen-bond donors (Lipinski definition) is 2. The van der Waals surface area contributed by atoms with Crippen molar-refractivity contribution in [3.8, 4) is 0 Å². The molecule has 2 N–H and O–H groups in total. The van der Waals surface area contributed by atoms with Gasteiger partial charge in [-0.25, -0.2) is 0 Å². The third-order valence-corrected chi connectivity index (χ3v) is 4.11. The minimum Gasteiger partial charge on any atom is -0.354 e. The van der Waals surface area contributed by atoms with E-state index in [4.69, 9.17) is 11.6 Å². The van der Waals surface area contributed by atoms with Gasteiger partial charge in [0.2, 0.25) is 5.91 Å². The van der Waals surface area contributed by atoms with Crippen molar-refractivity contribution in [3.05, 3.63) is 53.6 Å². The van der Waals surface area contributed by atoms with Gasteiger partial charge >= 0.3 is 0 Å². The van der Waals surface area contributed by atoms with Gasteiger partial charge in [-0.3, -0.25) is 4.79 Å². The zero-order valence-electron chi connectivity index (χ0n) is 11.6. The summed E-state index contributed by atoms with van der Waals surface area (Å²) in [7, 11) is 0. The van der Waals surface area contributed by atoms with Crippen LogP contribution in [0.15, 0.2) is 48.5 Å². The molecule has 0 aliphatic heterocycles. The van der Waals surface area contributed by atoms with Crippen molar-refractivity contribution < 1.29 is 4.79 Å². The summed E-state index contributed by atoms with van der Waals surface area (Å²) in [5.74, 6) is 0.332. The molecule has 0 saturated heterocycles. The molecule has 1 amide bonds. The van der Waals surface area contributed by atoms with Crippen LogP contribution < -0.4 is 10.6 Å². The zero-order valence-corrected chi connectivity index (χ0v) is 12.4. The van der Waals surface area contributed by atoms with Gasteiger partial charge < -0.3 is 10.6 Å². The number of amides is 1. The van der Waals surface area contributed by atoms with Gasteiger partial charge in [-0.05, 0) is 49.2 Å². The Morgan fingerprint density at radius 2 is 1.67 bits per heavy atom. The highest BCUT2D eigenvalue weighted by Gasteiger charge is 2.24. The Morgan fingerprint density at radius 3 is 2.29 bits per heavy atom. The molecule has 4 heteroatoms.